The van der Waals surface area contributed by atoms with Gasteiger partial charge >= 0.3 is 0 Å². The summed E-state index contributed by atoms with van der Waals surface area (Å²) in [4.78, 5) is 14.6. The third kappa shape index (κ3) is 2.96. The molecule has 3 rings (SSSR count). The van der Waals surface area contributed by atoms with Crippen molar-refractivity contribution in [3.8, 4) is 5.75 Å². The summed E-state index contributed by atoms with van der Waals surface area (Å²) in [6, 6.07) is 18.3. The number of nitrogens with zero attached hydrogens (tertiary/aromatic N) is 1. The van der Waals surface area contributed by atoms with Crippen molar-refractivity contribution in [1.29, 1.82) is 0 Å². The van der Waals surface area contributed by atoms with Gasteiger partial charge in [-0.15, -0.1) is 0 Å². The Kier molecular flexibility index (Phi) is 4.12. The van der Waals surface area contributed by atoms with Crippen LogP contribution in [0.3, 0.4) is 0 Å². The molecule has 2 aromatic carbocycles. The minimum Gasteiger partial charge on any atom is -0.497 e. The molecule has 0 saturated carbocycles. The van der Waals surface area contributed by atoms with E-state index in [0.29, 0.717) is 6.42 Å². The van der Waals surface area contributed by atoms with E-state index in [0.717, 1.165) is 12.3 Å². The van der Waals surface area contributed by atoms with E-state index in [2.05, 4.69) is 38.1 Å². The van der Waals surface area contributed by atoms with Crippen LogP contribution in [0.25, 0.3) is 0 Å². The Labute approximate surface area is 137 Å². The summed E-state index contributed by atoms with van der Waals surface area (Å²) in [5, 5.41) is 0. The normalized spacial score (nSPS) is 18.3. The number of hydrogen-bond acceptors (Lipinski definition) is 2. The lowest BCUT2D eigenvalue weighted by atomic mass is 9.92. The van der Waals surface area contributed by atoms with E-state index in [-0.39, 0.29) is 17.4 Å². The predicted octanol–water partition coefficient (Wildman–Crippen LogP) is 3.95. The molecule has 1 aliphatic heterocycles. The molecule has 0 unspecified atom stereocenters. The molecule has 2 aromatic rings. The van der Waals surface area contributed by atoms with Crippen molar-refractivity contribution in [2.24, 2.45) is 0 Å². The van der Waals surface area contributed by atoms with Crippen molar-refractivity contribution in [3.63, 3.8) is 0 Å². The molecule has 0 aromatic heterocycles. The second kappa shape index (κ2) is 6.07. The molecule has 1 heterocycles. The van der Waals surface area contributed by atoms with Crippen LogP contribution in [0.4, 0.5) is 0 Å². The van der Waals surface area contributed by atoms with Crippen LogP contribution in [0.2, 0.25) is 0 Å². The van der Waals surface area contributed by atoms with Gasteiger partial charge in [0.1, 0.15) is 5.75 Å². The Morgan fingerprint density at radius 1 is 1.04 bits per heavy atom. The van der Waals surface area contributed by atoms with Gasteiger partial charge in [0.15, 0.2) is 0 Å². The van der Waals surface area contributed by atoms with Crippen molar-refractivity contribution in [2.75, 3.05) is 13.7 Å². The van der Waals surface area contributed by atoms with Crippen LogP contribution in [0.1, 0.15) is 37.3 Å². The summed E-state index contributed by atoms with van der Waals surface area (Å²) >= 11 is 0. The van der Waals surface area contributed by atoms with Gasteiger partial charge in [0.2, 0.25) is 5.91 Å². The molecule has 1 amide bonds. The van der Waals surface area contributed by atoms with Crippen LogP contribution in [0.15, 0.2) is 54.6 Å². The zero-order chi connectivity index (χ0) is 16.4. The van der Waals surface area contributed by atoms with Crippen molar-refractivity contribution in [3.05, 3.63) is 65.7 Å². The van der Waals surface area contributed by atoms with Crippen molar-refractivity contribution in [1.82, 2.24) is 4.90 Å². The standard InChI is InChI=1S/C20H23NO2/c1-20(2,17-7-5-4-6-8-17)21-14-16(13-19(21)22)15-9-11-18(23-3)12-10-15/h4-12,16H,13-14H2,1-3H3/t16-/m0/s1. The van der Waals surface area contributed by atoms with Gasteiger partial charge in [-0.2, -0.15) is 0 Å². The van der Waals surface area contributed by atoms with Crippen LogP contribution in [0.5, 0.6) is 5.75 Å². The van der Waals surface area contributed by atoms with Gasteiger partial charge in [-0.3, -0.25) is 4.79 Å². The number of carbonyl (C=O) groups is 1. The van der Waals surface area contributed by atoms with E-state index >= 15 is 0 Å². The van der Waals surface area contributed by atoms with Crippen molar-refractivity contribution < 1.29 is 9.53 Å². The number of amides is 1. The molecule has 1 aliphatic rings. The molecule has 1 atom stereocenters. The number of carbonyl (C=O) groups excluding carboxylic acids is 1. The van der Waals surface area contributed by atoms with Crippen LogP contribution < -0.4 is 4.74 Å². The molecule has 0 N–H and O–H groups in total. The number of benzene rings is 2. The lowest BCUT2D eigenvalue weighted by Gasteiger charge is -2.36. The van der Waals surface area contributed by atoms with Gasteiger partial charge in [-0.05, 0) is 37.1 Å². The number of ether oxygens (including phenoxy) is 1. The van der Waals surface area contributed by atoms with E-state index < -0.39 is 0 Å². The highest BCUT2D eigenvalue weighted by atomic mass is 16.5. The molecule has 0 bridgehead atoms. The molecule has 23 heavy (non-hydrogen) atoms. The minimum absolute atomic E-state index is 0.222. The van der Waals surface area contributed by atoms with Gasteiger partial charge in [-0.25, -0.2) is 0 Å². The first-order valence-electron chi connectivity index (χ1n) is 8.02. The molecule has 1 fully saturated rings. The fourth-order valence-electron chi connectivity index (χ4n) is 3.35. The number of rotatable bonds is 4. The van der Waals surface area contributed by atoms with E-state index in [1.807, 2.05) is 35.2 Å². The molecular formula is C20H23NO2. The smallest absolute Gasteiger partial charge is 0.223 e. The van der Waals surface area contributed by atoms with E-state index in [4.69, 9.17) is 4.74 Å². The molecule has 0 radical (unpaired) electrons. The topological polar surface area (TPSA) is 29.5 Å². The van der Waals surface area contributed by atoms with Crippen LogP contribution in [-0.4, -0.2) is 24.5 Å². The lowest BCUT2D eigenvalue weighted by Crippen LogP contribution is -2.42. The van der Waals surface area contributed by atoms with Gasteiger partial charge in [-0.1, -0.05) is 42.5 Å². The number of hydrogen-bond donors (Lipinski definition) is 0. The largest absolute Gasteiger partial charge is 0.497 e. The quantitative estimate of drug-likeness (QED) is 0.856. The van der Waals surface area contributed by atoms with Crippen LogP contribution in [0, 0.1) is 0 Å². The van der Waals surface area contributed by atoms with Gasteiger partial charge in [0, 0.05) is 18.9 Å². The van der Waals surface area contributed by atoms with Gasteiger partial charge < -0.3 is 9.64 Å². The van der Waals surface area contributed by atoms with E-state index in [9.17, 15) is 4.79 Å². The van der Waals surface area contributed by atoms with Gasteiger partial charge in [0.05, 0.1) is 12.6 Å². The summed E-state index contributed by atoms with van der Waals surface area (Å²) < 4.78 is 5.21. The third-order valence-corrected chi connectivity index (χ3v) is 4.87. The van der Waals surface area contributed by atoms with Crippen molar-refractivity contribution in [2.45, 2.75) is 31.7 Å². The summed E-state index contributed by atoms with van der Waals surface area (Å²) in [5.74, 6) is 1.32. The second-order valence-corrected chi connectivity index (χ2v) is 6.60. The zero-order valence-corrected chi connectivity index (χ0v) is 14.0. The maximum Gasteiger partial charge on any atom is 0.223 e. The predicted molar refractivity (Wildman–Crippen MR) is 91.5 cm³/mol. The highest BCUT2D eigenvalue weighted by Gasteiger charge is 2.40. The molecule has 3 nitrogen and oxygen atoms in total. The Balaban J connectivity index is 1.81. The van der Waals surface area contributed by atoms with Crippen molar-refractivity contribution >= 4 is 5.91 Å². The first kappa shape index (κ1) is 15.6. The second-order valence-electron chi connectivity index (χ2n) is 6.60. The fourth-order valence-corrected chi connectivity index (χ4v) is 3.35. The SMILES string of the molecule is COc1ccc([C@H]2CC(=O)N(C(C)(C)c3ccccc3)C2)cc1. The molecule has 1 saturated heterocycles. The molecule has 0 spiro atoms. The molecule has 120 valence electrons. The maximum atomic E-state index is 12.6. The first-order chi connectivity index (χ1) is 11.0. The Morgan fingerprint density at radius 3 is 2.30 bits per heavy atom. The molecule has 0 aliphatic carbocycles. The van der Waals surface area contributed by atoms with Gasteiger partial charge in [0.25, 0.3) is 0 Å². The average molecular weight is 309 g/mol. The Hall–Kier alpha value is -2.29. The third-order valence-electron chi connectivity index (χ3n) is 4.87. The highest BCUT2D eigenvalue weighted by Crippen LogP contribution is 2.37. The summed E-state index contributed by atoms with van der Waals surface area (Å²) in [6.45, 7) is 5.00. The van der Waals surface area contributed by atoms with E-state index in [1.165, 1.54) is 11.1 Å². The average Bonchev–Trinajstić information content (AvgIpc) is 2.98. The maximum absolute atomic E-state index is 12.6. The number of likely N-dealkylation sites (tertiary alicyclic amines) is 1. The minimum atomic E-state index is -0.292. The van der Waals surface area contributed by atoms with E-state index in [1.54, 1.807) is 7.11 Å². The summed E-state index contributed by atoms with van der Waals surface area (Å²) in [5.41, 5.74) is 2.08. The number of methoxy groups -OCH3 is 1. The van der Waals surface area contributed by atoms with Crippen LogP contribution in [-0.2, 0) is 10.3 Å². The Bertz CT molecular complexity index is 677. The monoisotopic (exact) mass is 309 g/mol. The Morgan fingerprint density at radius 2 is 1.70 bits per heavy atom. The summed E-state index contributed by atoms with van der Waals surface area (Å²) in [7, 11) is 1.66. The molecular weight excluding hydrogens is 286 g/mol. The first-order valence-corrected chi connectivity index (χ1v) is 8.02. The summed E-state index contributed by atoms with van der Waals surface area (Å²) in [6.07, 6.45) is 0.572. The fraction of sp³-hybridized carbons (Fsp3) is 0.350. The lowest BCUT2D eigenvalue weighted by molar-refractivity contribution is -0.132. The highest BCUT2D eigenvalue weighted by molar-refractivity contribution is 5.80. The van der Waals surface area contributed by atoms with Crippen LogP contribution >= 0.6 is 0 Å². The zero-order valence-electron chi connectivity index (χ0n) is 14.0. The molecule has 3 heteroatoms.